The number of fused-ring (bicyclic) bond motifs is 2. The highest BCUT2D eigenvalue weighted by Gasteiger charge is 2.21. The van der Waals surface area contributed by atoms with Crippen LogP contribution >= 0.6 is 11.6 Å². The Labute approximate surface area is 330 Å². The number of allylic oxidation sites excluding steroid dienone is 1. The number of hydrogen-bond acceptors (Lipinski definition) is 5. The molecular weight excluding hydrogens is 704 g/mol. The fourth-order valence-corrected chi connectivity index (χ4v) is 7.70. The van der Waals surface area contributed by atoms with Crippen LogP contribution in [0.4, 0.5) is 0 Å². The molecule has 7 nitrogen and oxygen atoms in total. The van der Waals surface area contributed by atoms with Crippen molar-refractivity contribution in [1.82, 2.24) is 19.6 Å². The Hall–Kier alpha value is -4.87. The average molecular weight is 755 g/mol. The Bertz CT molecular complexity index is 2280. The minimum absolute atomic E-state index is 0.0239. The minimum atomic E-state index is 0.0239. The predicted molar refractivity (Wildman–Crippen MR) is 224 cm³/mol. The van der Waals surface area contributed by atoms with E-state index in [1.807, 2.05) is 33.9 Å². The number of aryl methyl sites for hydroxylation is 1. The summed E-state index contributed by atoms with van der Waals surface area (Å²) in [6, 6.07) is 29.9. The van der Waals surface area contributed by atoms with E-state index in [0.717, 1.165) is 90.4 Å². The van der Waals surface area contributed by atoms with Crippen molar-refractivity contribution in [2.75, 3.05) is 25.7 Å². The van der Waals surface area contributed by atoms with Gasteiger partial charge in [-0.2, -0.15) is 10.2 Å². The van der Waals surface area contributed by atoms with Crippen LogP contribution in [0.1, 0.15) is 105 Å². The van der Waals surface area contributed by atoms with Crippen LogP contribution in [0, 0.1) is 18.8 Å². The van der Waals surface area contributed by atoms with Crippen LogP contribution in [-0.2, 0) is 9.47 Å². The van der Waals surface area contributed by atoms with Gasteiger partial charge in [0.15, 0.2) is 12.5 Å². The normalized spacial score (nSPS) is 17.5. The summed E-state index contributed by atoms with van der Waals surface area (Å²) >= 11 is 5.81. The molecule has 0 saturated carbocycles. The lowest BCUT2D eigenvalue weighted by Crippen LogP contribution is -2.18. The van der Waals surface area contributed by atoms with Gasteiger partial charge in [0.1, 0.15) is 12.4 Å². The largest absolute Gasteiger partial charge is 0.492 e. The van der Waals surface area contributed by atoms with Gasteiger partial charge in [-0.3, -0.25) is 0 Å². The molecule has 2 unspecified atom stereocenters. The van der Waals surface area contributed by atoms with E-state index in [2.05, 4.69) is 111 Å². The maximum Gasteiger partial charge on any atom is 0.150 e. The molecule has 4 heterocycles. The molecule has 0 radical (unpaired) electrons. The number of hydrogen-bond donors (Lipinski definition) is 0. The summed E-state index contributed by atoms with van der Waals surface area (Å²) in [5.74, 6) is 7.56. The van der Waals surface area contributed by atoms with Gasteiger partial charge < -0.3 is 14.2 Å². The molecule has 0 spiro atoms. The Morgan fingerprint density at radius 1 is 0.782 bits per heavy atom. The van der Waals surface area contributed by atoms with E-state index in [0.29, 0.717) is 12.5 Å². The fourth-order valence-electron chi connectivity index (χ4n) is 7.63. The van der Waals surface area contributed by atoms with E-state index < -0.39 is 0 Å². The van der Waals surface area contributed by atoms with Crippen molar-refractivity contribution < 1.29 is 14.2 Å². The number of benzene rings is 4. The lowest BCUT2D eigenvalue weighted by Gasteiger charge is -2.23. The van der Waals surface area contributed by atoms with Gasteiger partial charge in [-0.15, -0.1) is 11.6 Å². The van der Waals surface area contributed by atoms with Gasteiger partial charge >= 0.3 is 0 Å². The van der Waals surface area contributed by atoms with Crippen LogP contribution in [-0.4, -0.2) is 45.3 Å². The van der Waals surface area contributed by atoms with Crippen molar-refractivity contribution >= 4 is 44.6 Å². The molecule has 8 rings (SSSR count). The van der Waals surface area contributed by atoms with E-state index in [-0.39, 0.29) is 12.5 Å². The molecule has 0 N–H and O–H groups in total. The smallest absolute Gasteiger partial charge is 0.150 e. The minimum Gasteiger partial charge on any atom is -0.492 e. The summed E-state index contributed by atoms with van der Waals surface area (Å²) in [4.78, 5) is 0. The van der Waals surface area contributed by atoms with Crippen molar-refractivity contribution in [3.05, 3.63) is 125 Å². The van der Waals surface area contributed by atoms with Gasteiger partial charge in [0.2, 0.25) is 0 Å². The van der Waals surface area contributed by atoms with Crippen LogP contribution in [0.25, 0.3) is 33.0 Å². The summed E-state index contributed by atoms with van der Waals surface area (Å²) in [7, 11) is 0. The first-order valence-electron chi connectivity index (χ1n) is 19.8. The molecule has 0 amide bonds. The van der Waals surface area contributed by atoms with E-state index in [1.165, 1.54) is 40.7 Å². The number of nitrogens with zero attached hydrogens (tertiary/aromatic N) is 4. The molecule has 2 saturated heterocycles. The van der Waals surface area contributed by atoms with Crippen molar-refractivity contribution in [2.45, 2.75) is 84.6 Å². The summed E-state index contributed by atoms with van der Waals surface area (Å²) in [6.45, 7) is 8.62. The number of halogens is 1. The zero-order valence-corrected chi connectivity index (χ0v) is 33.0. The lowest BCUT2D eigenvalue weighted by atomic mass is 9.86. The Morgan fingerprint density at radius 2 is 1.42 bits per heavy atom. The SMILES string of the molecule is CC/C(=C(/c1ccc(OCCCl)cc1)c1ccc2c(cnn2C2CCCCO2)c1)c1ccccc1C.CCC#Cc1ccc2c(cnn2C2CCCCO2)c1. The Kier molecular flexibility index (Phi) is 13.0. The maximum atomic E-state index is 6.01. The van der Waals surface area contributed by atoms with Crippen molar-refractivity contribution in [1.29, 1.82) is 0 Å². The van der Waals surface area contributed by atoms with Crippen molar-refractivity contribution in [3.8, 4) is 17.6 Å². The molecule has 2 atom stereocenters. The molecular formula is C47H51ClN4O3. The van der Waals surface area contributed by atoms with E-state index in [4.69, 9.17) is 30.9 Å². The van der Waals surface area contributed by atoms with E-state index in [9.17, 15) is 0 Å². The molecule has 0 bridgehead atoms. The summed E-state index contributed by atoms with van der Waals surface area (Å²) in [5, 5.41) is 11.5. The summed E-state index contributed by atoms with van der Waals surface area (Å²) in [6.07, 6.45) is 12.5. The Balaban J connectivity index is 0.000000205. The monoisotopic (exact) mass is 754 g/mol. The molecule has 2 fully saturated rings. The first-order valence-corrected chi connectivity index (χ1v) is 20.4. The third-order valence-electron chi connectivity index (χ3n) is 10.4. The zero-order chi connectivity index (χ0) is 38.0. The molecule has 2 aliphatic rings. The van der Waals surface area contributed by atoms with Gasteiger partial charge in [-0.1, -0.05) is 68.2 Å². The second-order valence-corrected chi connectivity index (χ2v) is 14.5. The fraction of sp³-hybridized carbons (Fsp3) is 0.362. The average Bonchev–Trinajstić information content (AvgIpc) is 3.87. The molecule has 8 heteroatoms. The maximum absolute atomic E-state index is 6.01. The third-order valence-corrected chi connectivity index (χ3v) is 10.5. The first-order chi connectivity index (χ1) is 27.1. The number of alkyl halides is 1. The molecule has 2 aromatic heterocycles. The van der Waals surface area contributed by atoms with Crippen LogP contribution in [0.2, 0.25) is 0 Å². The number of aromatic nitrogens is 4. The predicted octanol–water partition coefficient (Wildman–Crippen LogP) is 11.5. The van der Waals surface area contributed by atoms with Crippen molar-refractivity contribution in [2.24, 2.45) is 0 Å². The van der Waals surface area contributed by atoms with Gasteiger partial charge in [0, 0.05) is 36.0 Å². The van der Waals surface area contributed by atoms with Gasteiger partial charge in [-0.25, -0.2) is 9.36 Å². The van der Waals surface area contributed by atoms with Gasteiger partial charge in [-0.05, 0) is 128 Å². The molecule has 55 heavy (non-hydrogen) atoms. The molecule has 0 aliphatic carbocycles. The lowest BCUT2D eigenvalue weighted by molar-refractivity contribution is -0.0367. The number of rotatable bonds is 9. The summed E-state index contributed by atoms with van der Waals surface area (Å²) < 4.78 is 21.6. The zero-order valence-electron chi connectivity index (χ0n) is 32.3. The highest BCUT2D eigenvalue weighted by Crippen LogP contribution is 2.38. The molecule has 284 valence electrons. The second kappa shape index (κ2) is 18.6. The highest BCUT2D eigenvalue weighted by molar-refractivity contribution is 6.18. The van der Waals surface area contributed by atoms with Crippen LogP contribution in [0.3, 0.4) is 0 Å². The highest BCUT2D eigenvalue weighted by atomic mass is 35.5. The molecule has 2 aliphatic heterocycles. The first kappa shape index (κ1) is 38.4. The van der Waals surface area contributed by atoms with Gasteiger partial charge in [0.25, 0.3) is 0 Å². The summed E-state index contributed by atoms with van der Waals surface area (Å²) in [5.41, 5.74) is 10.8. The van der Waals surface area contributed by atoms with Crippen LogP contribution < -0.4 is 4.74 Å². The topological polar surface area (TPSA) is 63.3 Å². The van der Waals surface area contributed by atoms with E-state index >= 15 is 0 Å². The molecule has 6 aromatic rings. The van der Waals surface area contributed by atoms with Crippen molar-refractivity contribution in [3.63, 3.8) is 0 Å². The van der Waals surface area contributed by atoms with E-state index in [1.54, 1.807) is 0 Å². The Morgan fingerprint density at radius 3 is 2.02 bits per heavy atom. The van der Waals surface area contributed by atoms with Gasteiger partial charge in [0.05, 0.1) is 29.3 Å². The number of ether oxygens (including phenoxy) is 3. The second-order valence-electron chi connectivity index (χ2n) is 14.1. The molecule has 4 aromatic carbocycles. The third kappa shape index (κ3) is 9.00. The van der Waals surface area contributed by atoms with Crippen LogP contribution in [0.5, 0.6) is 5.75 Å². The van der Waals surface area contributed by atoms with Crippen LogP contribution in [0.15, 0.2) is 97.3 Å². The standard InChI is InChI=1S/C31H33ClN2O2.C16H18N2O/c1-3-27(28-9-5-4-8-22(28)2)31(23-11-14-26(15-12-23)35-19-17-32)24-13-16-29-25(20-24)21-33-34(29)30-10-6-7-18-36-30;1-2-3-6-13-8-9-15-14(11-13)12-17-18(15)16-7-4-5-10-19-16/h4-5,8-9,11-16,20-21,30H,3,6-7,10,17-19H2,1-2H3;8-9,11-12,16H,2,4-5,7,10H2,1H3/b31-27+;. The quantitative estimate of drug-likeness (QED) is 0.0835.